The van der Waals surface area contributed by atoms with Gasteiger partial charge < -0.3 is 15.4 Å². The molecule has 1 atom stereocenters. The van der Waals surface area contributed by atoms with Crippen LogP contribution in [0.5, 0.6) is 5.75 Å². The van der Waals surface area contributed by atoms with E-state index < -0.39 is 0 Å². The van der Waals surface area contributed by atoms with Crippen molar-refractivity contribution in [1.29, 1.82) is 0 Å². The Morgan fingerprint density at radius 1 is 1.33 bits per heavy atom. The third kappa shape index (κ3) is 5.07. The van der Waals surface area contributed by atoms with Crippen LogP contribution in [0.1, 0.15) is 31.7 Å². The second kappa shape index (κ2) is 8.11. The Labute approximate surface area is 111 Å². The van der Waals surface area contributed by atoms with Gasteiger partial charge in [0.1, 0.15) is 5.75 Å². The Morgan fingerprint density at radius 3 is 2.72 bits per heavy atom. The fourth-order valence-electron chi connectivity index (χ4n) is 2.03. The van der Waals surface area contributed by atoms with Crippen LogP contribution in [0, 0.1) is 0 Å². The van der Waals surface area contributed by atoms with Crippen LogP contribution in [0.4, 0.5) is 0 Å². The molecule has 3 heteroatoms. The van der Waals surface area contributed by atoms with Crippen LogP contribution < -0.4 is 10.5 Å². The molecular formula is C15H26N2O. The maximum Gasteiger partial charge on any atom is 0.123 e. The van der Waals surface area contributed by atoms with Crippen LogP contribution >= 0.6 is 0 Å². The summed E-state index contributed by atoms with van der Waals surface area (Å²) in [5, 5.41) is 0. The molecule has 18 heavy (non-hydrogen) atoms. The summed E-state index contributed by atoms with van der Waals surface area (Å²) in [6, 6.07) is 8.54. The Kier molecular flexibility index (Phi) is 6.76. The number of methoxy groups -OCH3 is 1. The van der Waals surface area contributed by atoms with Gasteiger partial charge >= 0.3 is 0 Å². The van der Waals surface area contributed by atoms with Gasteiger partial charge in [-0.3, -0.25) is 0 Å². The second-order valence-corrected chi connectivity index (χ2v) is 4.86. The summed E-state index contributed by atoms with van der Waals surface area (Å²) in [5.74, 6) is 0.967. The Hall–Kier alpha value is -1.06. The van der Waals surface area contributed by atoms with Gasteiger partial charge in [-0.25, -0.2) is 0 Å². The highest BCUT2D eigenvalue weighted by molar-refractivity contribution is 5.32. The monoisotopic (exact) mass is 250 g/mol. The third-order valence-corrected chi connectivity index (χ3v) is 3.27. The standard InChI is InChI=1S/C15H26N2O/c1-4-14(16)9-7-11-17(2)12-13-8-5-6-10-15(13)18-3/h5-6,8,10,14H,4,7,9,11-12,16H2,1-3H3. The molecule has 0 aliphatic heterocycles. The highest BCUT2D eigenvalue weighted by atomic mass is 16.5. The zero-order chi connectivity index (χ0) is 13.4. The molecule has 0 aliphatic carbocycles. The van der Waals surface area contributed by atoms with E-state index in [1.807, 2.05) is 12.1 Å². The maximum atomic E-state index is 5.92. The normalized spacial score (nSPS) is 12.7. The van der Waals surface area contributed by atoms with E-state index in [0.717, 1.165) is 38.1 Å². The van der Waals surface area contributed by atoms with Gasteiger partial charge in [-0.2, -0.15) is 0 Å². The van der Waals surface area contributed by atoms with Crippen molar-refractivity contribution < 1.29 is 4.74 Å². The Morgan fingerprint density at radius 2 is 2.06 bits per heavy atom. The summed E-state index contributed by atoms with van der Waals surface area (Å²) >= 11 is 0. The molecule has 0 spiro atoms. The van der Waals surface area contributed by atoms with Crippen molar-refractivity contribution in [3.63, 3.8) is 0 Å². The van der Waals surface area contributed by atoms with E-state index in [1.54, 1.807) is 7.11 Å². The Bertz CT molecular complexity index is 341. The average molecular weight is 250 g/mol. The first kappa shape index (κ1) is 15.0. The first-order valence-corrected chi connectivity index (χ1v) is 6.73. The summed E-state index contributed by atoms with van der Waals surface area (Å²) in [6.45, 7) is 4.14. The molecule has 0 heterocycles. The lowest BCUT2D eigenvalue weighted by molar-refractivity contribution is 0.305. The minimum absolute atomic E-state index is 0.352. The minimum atomic E-state index is 0.352. The molecular weight excluding hydrogens is 224 g/mol. The van der Waals surface area contributed by atoms with Crippen LogP contribution in [0.25, 0.3) is 0 Å². The molecule has 0 fully saturated rings. The van der Waals surface area contributed by atoms with Gasteiger partial charge in [-0.15, -0.1) is 0 Å². The first-order chi connectivity index (χ1) is 8.67. The van der Waals surface area contributed by atoms with Crippen LogP contribution in [0.2, 0.25) is 0 Å². The average Bonchev–Trinajstić information content (AvgIpc) is 2.39. The Balaban J connectivity index is 2.37. The minimum Gasteiger partial charge on any atom is -0.496 e. The van der Waals surface area contributed by atoms with Crippen molar-refractivity contribution >= 4 is 0 Å². The molecule has 0 saturated carbocycles. The van der Waals surface area contributed by atoms with Crippen molar-refractivity contribution in [2.24, 2.45) is 5.73 Å². The van der Waals surface area contributed by atoms with Gasteiger partial charge in [0, 0.05) is 18.2 Å². The predicted octanol–water partition coefficient (Wildman–Crippen LogP) is 2.64. The fraction of sp³-hybridized carbons (Fsp3) is 0.600. The zero-order valence-electron chi connectivity index (χ0n) is 11.9. The SMILES string of the molecule is CCC(N)CCCN(C)Cc1ccccc1OC. The van der Waals surface area contributed by atoms with Gasteiger partial charge in [0.05, 0.1) is 7.11 Å². The molecule has 0 amide bonds. The number of para-hydroxylation sites is 1. The molecule has 1 aromatic rings. The lowest BCUT2D eigenvalue weighted by Gasteiger charge is -2.19. The van der Waals surface area contributed by atoms with E-state index in [1.165, 1.54) is 5.56 Å². The number of rotatable bonds is 8. The quantitative estimate of drug-likeness (QED) is 0.771. The molecule has 0 aromatic heterocycles. The third-order valence-electron chi connectivity index (χ3n) is 3.27. The van der Waals surface area contributed by atoms with Crippen molar-refractivity contribution in [3.8, 4) is 5.75 Å². The summed E-state index contributed by atoms with van der Waals surface area (Å²) in [6.07, 6.45) is 3.32. The number of hydrogen-bond donors (Lipinski definition) is 1. The molecule has 0 bridgehead atoms. The molecule has 0 saturated heterocycles. The van der Waals surface area contributed by atoms with Crippen molar-refractivity contribution in [1.82, 2.24) is 4.90 Å². The lowest BCUT2D eigenvalue weighted by Crippen LogP contribution is -2.23. The van der Waals surface area contributed by atoms with Crippen LogP contribution in [0.3, 0.4) is 0 Å². The van der Waals surface area contributed by atoms with Gasteiger partial charge in [0.2, 0.25) is 0 Å². The van der Waals surface area contributed by atoms with E-state index in [2.05, 4.69) is 31.0 Å². The number of nitrogens with zero attached hydrogens (tertiary/aromatic N) is 1. The maximum absolute atomic E-state index is 5.92. The van der Waals surface area contributed by atoms with Crippen LogP contribution in [-0.4, -0.2) is 31.6 Å². The van der Waals surface area contributed by atoms with Crippen molar-refractivity contribution in [2.45, 2.75) is 38.8 Å². The van der Waals surface area contributed by atoms with Gasteiger partial charge in [-0.1, -0.05) is 25.1 Å². The molecule has 102 valence electrons. The highest BCUT2D eigenvalue weighted by Gasteiger charge is 2.06. The highest BCUT2D eigenvalue weighted by Crippen LogP contribution is 2.18. The summed E-state index contributed by atoms with van der Waals surface area (Å²) in [4.78, 5) is 2.32. The van der Waals surface area contributed by atoms with E-state index in [9.17, 15) is 0 Å². The zero-order valence-corrected chi connectivity index (χ0v) is 11.9. The molecule has 1 rings (SSSR count). The van der Waals surface area contributed by atoms with Gasteiger partial charge in [0.25, 0.3) is 0 Å². The molecule has 3 nitrogen and oxygen atoms in total. The van der Waals surface area contributed by atoms with Gasteiger partial charge in [0.15, 0.2) is 0 Å². The summed E-state index contributed by atoms with van der Waals surface area (Å²) in [5.41, 5.74) is 7.16. The van der Waals surface area contributed by atoms with E-state index in [4.69, 9.17) is 10.5 Å². The first-order valence-electron chi connectivity index (χ1n) is 6.73. The van der Waals surface area contributed by atoms with Crippen LogP contribution in [0.15, 0.2) is 24.3 Å². The van der Waals surface area contributed by atoms with E-state index >= 15 is 0 Å². The topological polar surface area (TPSA) is 38.5 Å². The molecule has 1 unspecified atom stereocenters. The van der Waals surface area contributed by atoms with Crippen LogP contribution in [-0.2, 0) is 6.54 Å². The smallest absolute Gasteiger partial charge is 0.123 e. The van der Waals surface area contributed by atoms with Gasteiger partial charge in [-0.05, 0) is 38.9 Å². The number of benzene rings is 1. The predicted molar refractivity (Wildman–Crippen MR) is 76.8 cm³/mol. The largest absolute Gasteiger partial charge is 0.496 e. The summed E-state index contributed by atoms with van der Waals surface area (Å²) in [7, 11) is 3.86. The molecule has 1 aromatic carbocycles. The second-order valence-electron chi connectivity index (χ2n) is 4.86. The molecule has 0 aliphatic rings. The lowest BCUT2D eigenvalue weighted by atomic mass is 10.1. The molecule has 2 N–H and O–H groups in total. The molecule has 0 radical (unpaired) electrons. The number of ether oxygens (including phenoxy) is 1. The summed E-state index contributed by atoms with van der Waals surface area (Å²) < 4.78 is 5.36. The van der Waals surface area contributed by atoms with E-state index in [0.29, 0.717) is 6.04 Å². The van der Waals surface area contributed by atoms with E-state index in [-0.39, 0.29) is 0 Å². The van der Waals surface area contributed by atoms with Crippen molar-refractivity contribution in [2.75, 3.05) is 20.7 Å². The number of nitrogens with two attached hydrogens (primary N) is 1. The van der Waals surface area contributed by atoms with Crippen molar-refractivity contribution in [3.05, 3.63) is 29.8 Å². The fourth-order valence-corrected chi connectivity index (χ4v) is 2.03. The number of hydrogen-bond acceptors (Lipinski definition) is 3.